The standard InChI is InChI=1S/C44H27N3S/c1-27-11-9-16-31(42(27)47-37-19-7-5-14-30(37)36-25-28(26-45)21-23-39(36)47)32-17-10-18-33-34-22-24-40-41(44(34)48-43(32)33)35-15-6-8-20-38(35)46(40)29-12-3-2-4-13-29/h2-25H,1H3. The van der Waals surface area contributed by atoms with E-state index >= 15 is 0 Å². The Kier molecular flexibility index (Phi) is 5.72. The molecule has 0 aliphatic heterocycles. The average molecular weight is 630 g/mol. The first kappa shape index (κ1) is 27.0. The van der Waals surface area contributed by atoms with Crippen LogP contribution in [-0.2, 0) is 0 Å². The van der Waals surface area contributed by atoms with E-state index in [1.165, 1.54) is 70.0 Å². The molecule has 0 amide bonds. The van der Waals surface area contributed by atoms with Gasteiger partial charge in [-0.15, -0.1) is 11.3 Å². The Balaban J connectivity index is 1.30. The van der Waals surface area contributed by atoms with Crippen LogP contribution in [0.15, 0.2) is 146 Å². The van der Waals surface area contributed by atoms with Crippen LogP contribution in [0.3, 0.4) is 0 Å². The number of fused-ring (bicyclic) bond motifs is 10. The predicted octanol–water partition coefficient (Wildman–Crippen LogP) is 12.1. The molecule has 0 saturated carbocycles. The highest BCUT2D eigenvalue weighted by molar-refractivity contribution is 7.27. The van der Waals surface area contributed by atoms with Crippen molar-refractivity contribution in [2.45, 2.75) is 6.92 Å². The smallest absolute Gasteiger partial charge is 0.0991 e. The summed E-state index contributed by atoms with van der Waals surface area (Å²) in [6.07, 6.45) is 0. The minimum absolute atomic E-state index is 0.672. The second-order valence-electron chi connectivity index (χ2n) is 12.5. The van der Waals surface area contributed by atoms with Crippen molar-refractivity contribution in [1.82, 2.24) is 9.13 Å². The number of hydrogen-bond acceptors (Lipinski definition) is 2. The molecule has 0 aliphatic carbocycles. The summed E-state index contributed by atoms with van der Waals surface area (Å²) in [6.45, 7) is 2.20. The van der Waals surface area contributed by atoms with Gasteiger partial charge in [0.2, 0.25) is 0 Å². The molecular weight excluding hydrogens is 603 g/mol. The Bertz CT molecular complexity index is 2970. The van der Waals surface area contributed by atoms with Crippen molar-refractivity contribution in [2.75, 3.05) is 0 Å². The Labute approximate surface area is 280 Å². The third-order valence-corrected chi connectivity index (χ3v) is 11.1. The van der Waals surface area contributed by atoms with E-state index in [9.17, 15) is 5.26 Å². The number of aryl methyl sites for hydroxylation is 1. The number of thiophene rings is 1. The van der Waals surface area contributed by atoms with Gasteiger partial charge in [-0.1, -0.05) is 97.1 Å². The first-order valence-electron chi connectivity index (χ1n) is 16.2. The molecule has 0 saturated heterocycles. The van der Waals surface area contributed by atoms with Crippen molar-refractivity contribution in [1.29, 1.82) is 5.26 Å². The Hall–Kier alpha value is -6.15. The summed E-state index contributed by atoms with van der Waals surface area (Å²) >= 11 is 1.90. The summed E-state index contributed by atoms with van der Waals surface area (Å²) < 4.78 is 7.40. The Morgan fingerprint density at radius 1 is 0.500 bits per heavy atom. The number of hydrogen-bond donors (Lipinski definition) is 0. The third kappa shape index (κ3) is 3.68. The number of nitriles is 1. The lowest BCUT2D eigenvalue weighted by atomic mass is 9.98. The Morgan fingerprint density at radius 3 is 1.98 bits per heavy atom. The van der Waals surface area contributed by atoms with E-state index in [0.29, 0.717) is 5.56 Å². The van der Waals surface area contributed by atoms with Crippen LogP contribution in [0.2, 0.25) is 0 Å². The maximum Gasteiger partial charge on any atom is 0.0991 e. The van der Waals surface area contributed by atoms with Gasteiger partial charge in [0.15, 0.2) is 0 Å². The molecular formula is C44H27N3S. The molecule has 3 aromatic heterocycles. The number of para-hydroxylation sites is 4. The highest BCUT2D eigenvalue weighted by Crippen LogP contribution is 2.47. The first-order chi connectivity index (χ1) is 23.7. The lowest BCUT2D eigenvalue weighted by Crippen LogP contribution is -2.00. The maximum atomic E-state index is 9.72. The largest absolute Gasteiger partial charge is 0.309 e. The van der Waals surface area contributed by atoms with Crippen LogP contribution in [0.5, 0.6) is 0 Å². The summed E-state index contributed by atoms with van der Waals surface area (Å²) in [6, 6.07) is 54.4. The predicted molar refractivity (Wildman–Crippen MR) is 203 cm³/mol. The molecule has 0 N–H and O–H groups in total. The van der Waals surface area contributed by atoms with Gasteiger partial charge in [-0.05, 0) is 61.0 Å². The zero-order valence-corrected chi connectivity index (χ0v) is 26.9. The van der Waals surface area contributed by atoms with Crippen molar-refractivity contribution >= 4 is 75.1 Å². The monoisotopic (exact) mass is 629 g/mol. The van der Waals surface area contributed by atoms with Gasteiger partial charge in [-0.2, -0.15) is 5.26 Å². The summed E-state index contributed by atoms with van der Waals surface area (Å²) in [4.78, 5) is 0. The van der Waals surface area contributed by atoms with Crippen molar-refractivity contribution in [3.8, 4) is 28.6 Å². The van der Waals surface area contributed by atoms with Gasteiger partial charge in [0.1, 0.15) is 0 Å². The molecule has 0 aliphatic rings. The molecule has 0 fully saturated rings. The van der Waals surface area contributed by atoms with Gasteiger partial charge in [0, 0.05) is 58.5 Å². The zero-order chi connectivity index (χ0) is 31.9. The lowest BCUT2D eigenvalue weighted by molar-refractivity contribution is 1.15. The third-order valence-electron chi connectivity index (χ3n) is 9.87. The minimum atomic E-state index is 0.672. The molecule has 0 bridgehead atoms. The van der Waals surface area contributed by atoms with Crippen LogP contribution in [0.4, 0.5) is 0 Å². The highest BCUT2D eigenvalue weighted by atomic mass is 32.1. The van der Waals surface area contributed by atoms with Crippen LogP contribution < -0.4 is 0 Å². The van der Waals surface area contributed by atoms with Crippen LogP contribution in [-0.4, -0.2) is 9.13 Å². The van der Waals surface area contributed by atoms with Crippen molar-refractivity contribution in [3.63, 3.8) is 0 Å². The van der Waals surface area contributed by atoms with Gasteiger partial charge in [-0.3, -0.25) is 0 Å². The van der Waals surface area contributed by atoms with E-state index in [0.717, 1.165) is 21.8 Å². The fourth-order valence-electron chi connectivity index (χ4n) is 7.83. The van der Waals surface area contributed by atoms with Gasteiger partial charge >= 0.3 is 0 Å². The average Bonchev–Trinajstić information content (AvgIpc) is 3.79. The molecule has 3 heterocycles. The summed E-state index contributed by atoms with van der Waals surface area (Å²) in [5.74, 6) is 0. The summed E-state index contributed by atoms with van der Waals surface area (Å²) in [7, 11) is 0. The van der Waals surface area contributed by atoms with Crippen LogP contribution in [0.1, 0.15) is 11.1 Å². The summed E-state index contributed by atoms with van der Waals surface area (Å²) in [5.41, 5.74) is 11.3. The lowest BCUT2D eigenvalue weighted by Gasteiger charge is -2.17. The van der Waals surface area contributed by atoms with Crippen LogP contribution in [0, 0.1) is 18.3 Å². The quantitative estimate of drug-likeness (QED) is 0.191. The van der Waals surface area contributed by atoms with E-state index in [1.54, 1.807) is 0 Å². The second-order valence-corrected chi connectivity index (χ2v) is 13.5. The van der Waals surface area contributed by atoms with Gasteiger partial charge in [0.05, 0.1) is 39.4 Å². The van der Waals surface area contributed by atoms with Gasteiger partial charge in [0.25, 0.3) is 0 Å². The van der Waals surface area contributed by atoms with E-state index < -0.39 is 0 Å². The molecule has 224 valence electrons. The SMILES string of the molecule is Cc1cccc(-c2cccc3c2sc2c3ccc3c2c2ccccc2n3-c2ccccc2)c1-n1c2ccccc2c2cc(C#N)ccc21. The topological polar surface area (TPSA) is 33.6 Å². The highest BCUT2D eigenvalue weighted by Gasteiger charge is 2.22. The Morgan fingerprint density at radius 2 is 1.15 bits per heavy atom. The fourth-order valence-corrected chi connectivity index (χ4v) is 9.22. The molecule has 3 nitrogen and oxygen atoms in total. The molecule has 7 aromatic carbocycles. The van der Waals surface area contributed by atoms with E-state index in [-0.39, 0.29) is 0 Å². The number of aromatic nitrogens is 2. The number of nitrogens with zero attached hydrogens (tertiary/aromatic N) is 3. The minimum Gasteiger partial charge on any atom is -0.309 e. The molecule has 4 heteroatoms. The summed E-state index contributed by atoms with van der Waals surface area (Å²) in [5, 5.41) is 17.1. The molecule has 0 spiro atoms. The van der Waals surface area contributed by atoms with Crippen LogP contribution >= 0.6 is 11.3 Å². The van der Waals surface area contributed by atoms with E-state index in [1.807, 2.05) is 23.5 Å². The van der Waals surface area contributed by atoms with Crippen molar-refractivity contribution in [2.24, 2.45) is 0 Å². The zero-order valence-electron chi connectivity index (χ0n) is 26.1. The maximum absolute atomic E-state index is 9.72. The van der Waals surface area contributed by atoms with Gasteiger partial charge in [-0.25, -0.2) is 0 Å². The second kappa shape index (κ2) is 10.2. The number of rotatable bonds is 3. The van der Waals surface area contributed by atoms with Gasteiger partial charge < -0.3 is 9.13 Å². The normalized spacial score (nSPS) is 11.8. The first-order valence-corrected chi connectivity index (χ1v) is 17.0. The molecule has 0 radical (unpaired) electrons. The molecule has 10 aromatic rings. The van der Waals surface area contributed by atoms with E-state index in [4.69, 9.17) is 0 Å². The van der Waals surface area contributed by atoms with Crippen LogP contribution in [0.25, 0.3) is 86.3 Å². The molecule has 48 heavy (non-hydrogen) atoms. The number of benzene rings is 7. The molecule has 0 atom stereocenters. The molecule has 0 unspecified atom stereocenters. The van der Waals surface area contributed by atoms with Crippen molar-refractivity contribution < 1.29 is 0 Å². The van der Waals surface area contributed by atoms with E-state index in [2.05, 4.69) is 156 Å². The van der Waals surface area contributed by atoms with Crippen molar-refractivity contribution in [3.05, 3.63) is 157 Å². The fraction of sp³-hybridized carbons (Fsp3) is 0.0227. The molecule has 10 rings (SSSR count).